The molecule has 1 aliphatic heterocycles. The van der Waals surface area contributed by atoms with Crippen molar-refractivity contribution in [1.82, 2.24) is 4.72 Å². The van der Waals surface area contributed by atoms with Gasteiger partial charge in [0, 0.05) is 0 Å². The van der Waals surface area contributed by atoms with Crippen LogP contribution in [0.4, 0.5) is 0 Å². The highest BCUT2D eigenvalue weighted by Gasteiger charge is 2.13. The summed E-state index contributed by atoms with van der Waals surface area (Å²) >= 11 is 0.887. The Kier molecular flexibility index (Phi) is 1.29. The SMILES string of the molecule is O=C(O)C1=CNSO1. The third-order valence-electron chi connectivity index (χ3n) is 0.580. The van der Waals surface area contributed by atoms with Crippen LogP contribution in [0.25, 0.3) is 0 Å². The molecule has 0 saturated heterocycles. The van der Waals surface area contributed by atoms with Crippen molar-refractivity contribution in [2.24, 2.45) is 0 Å². The second-order valence-electron chi connectivity index (χ2n) is 1.10. The Morgan fingerprint density at radius 1 is 2.00 bits per heavy atom. The van der Waals surface area contributed by atoms with Gasteiger partial charge in [0.05, 0.1) is 6.20 Å². The van der Waals surface area contributed by atoms with Gasteiger partial charge in [0.2, 0.25) is 5.76 Å². The molecule has 8 heavy (non-hydrogen) atoms. The zero-order valence-electron chi connectivity index (χ0n) is 3.75. The van der Waals surface area contributed by atoms with Gasteiger partial charge in [0.15, 0.2) is 12.2 Å². The minimum atomic E-state index is -1.05. The largest absolute Gasteiger partial charge is 0.475 e. The van der Waals surface area contributed by atoms with E-state index >= 15 is 0 Å². The van der Waals surface area contributed by atoms with Gasteiger partial charge in [-0.2, -0.15) is 0 Å². The fourth-order valence-corrected chi connectivity index (χ4v) is 0.680. The summed E-state index contributed by atoms with van der Waals surface area (Å²) in [4.78, 5) is 9.95. The average Bonchev–Trinajstić information content (AvgIpc) is 2.12. The van der Waals surface area contributed by atoms with Crippen LogP contribution >= 0.6 is 12.2 Å². The van der Waals surface area contributed by atoms with Gasteiger partial charge in [-0.05, 0) is 0 Å². The number of nitrogens with one attached hydrogen (secondary N) is 1. The van der Waals surface area contributed by atoms with E-state index in [2.05, 4.69) is 8.91 Å². The quantitative estimate of drug-likeness (QED) is 0.392. The van der Waals surface area contributed by atoms with Crippen LogP contribution in [0, 0.1) is 0 Å². The lowest BCUT2D eigenvalue weighted by Crippen LogP contribution is -1.97. The first-order valence-corrected chi connectivity index (χ1v) is 2.57. The molecule has 1 rings (SSSR count). The molecule has 0 amide bonds. The number of carboxylic acids is 1. The van der Waals surface area contributed by atoms with Crippen molar-refractivity contribution in [3.63, 3.8) is 0 Å². The van der Waals surface area contributed by atoms with Gasteiger partial charge in [0.25, 0.3) is 0 Å². The molecule has 0 spiro atoms. The van der Waals surface area contributed by atoms with Crippen LogP contribution in [-0.4, -0.2) is 11.1 Å². The first-order valence-electron chi connectivity index (χ1n) is 1.83. The van der Waals surface area contributed by atoms with E-state index in [1.165, 1.54) is 6.20 Å². The number of rotatable bonds is 1. The number of aliphatic carboxylic acids is 1. The predicted molar refractivity (Wildman–Crippen MR) is 27.5 cm³/mol. The lowest BCUT2D eigenvalue weighted by atomic mass is 10.6. The Balaban J connectivity index is 2.57. The molecule has 0 atom stereocenters. The van der Waals surface area contributed by atoms with E-state index in [1.54, 1.807) is 0 Å². The maximum atomic E-state index is 9.95. The van der Waals surface area contributed by atoms with E-state index in [4.69, 9.17) is 5.11 Å². The summed E-state index contributed by atoms with van der Waals surface area (Å²) in [5.41, 5.74) is 0. The second kappa shape index (κ2) is 1.95. The molecule has 0 radical (unpaired) electrons. The molecule has 4 nitrogen and oxygen atoms in total. The van der Waals surface area contributed by atoms with E-state index in [-0.39, 0.29) is 5.76 Å². The van der Waals surface area contributed by atoms with Crippen molar-refractivity contribution >= 4 is 18.2 Å². The molecule has 0 bridgehead atoms. The molecule has 0 aliphatic carbocycles. The monoisotopic (exact) mass is 133 g/mol. The van der Waals surface area contributed by atoms with Gasteiger partial charge < -0.3 is 9.29 Å². The van der Waals surface area contributed by atoms with E-state index in [1.807, 2.05) is 0 Å². The van der Waals surface area contributed by atoms with Crippen molar-refractivity contribution in [1.29, 1.82) is 0 Å². The highest BCUT2D eigenvalue weighted by Crippen LogP contribution is 2.13. The van der Waals surface area contributed by atoms with Crippen LogP contribution in [0.15, 0.2) is 12.0 Å². The Morgan fingerprint density at radius 3 is 3.00 bits per heavy atom. The van der Waals surface area contributed by atoms with Gasteiger partial charge in [-0.15, -0.1) is 0 Å². The first kappa shape index (κ1) is 5.30. The fraction of sp³-hybridized carbons (Fsp3) is 0. The molecule has 0 aromatic heterocycles. The van der Waals surface area contributed by atoms with E-state index < -0.39 is 5.97 Å². The van der Waals surface area contributed by atoms with Crippen molar-refractivity contribution in [2.45, 2.75) is 0 Å². The summed E-state index contributed by atoms with van der Waals surface area (Å²) < 4.78 is 6.99. The van der Waals surface area contributed by atoms with Gasteiger partial charge in [-0.3, -0.25) is 4.72 Å². The molecule has 0 aromatic carbocycles. The molecule has 5 heteroatoms. The Morgan fingerprint density at radius 2 is 2.75 bits per heavy atom. The van der Waals surface area contributed by atoms with Crippen molar-refractivity contribution in [3.8, 4) is 0 Å². The summed E-state index contributed by atoms with van der Waals surface area (Å²) in [6, 6.07) is 0. The third-order valence-corrected chi connectivity index (χ3v) is 1.06. The topological polar surface area (TPSA) is 58.6 Å². The molecule has 0 saturated carbocycles. The van der Waals surface area contributed by atoms with Gasteiger partial charge in [0.1, 0.15) is 0 Å². The van der Waals surface area contributed by atoms with Gasteiger partial charge in [-0.1, -0.05) is 0 Å². The van der Waals surface area contributed by atoms with Crippen LogP contribution in [0.2, 0.25) is 0 Å². The fourth-order valence-electron chi connectivity index (χ4n) is 0.268. The van der Waals surface area contributed by atoms with Crippen LogP contribution in [-0.2, 0) is 8.98 Å². The van der Waals surface area contributed by atoms with Crippen LogP contribution < -0.4 is 4.72 Å². The highest BCUT2D eigenvalue weighted by atomic mass is 32.2. The average molecular weight is 133 g/mol. The van der Waals surface area contributed by atoms with Gasteiger partial charge >= 0.3 is 5.97 Å². The molecule has 0 fully saturated rings. The van der Waals surface area contributed by atoms with E-state index in [9.17, 15) is 4.79 Å². The molecule has 44 valence electrons. The summed E-state index contributed by atoms with van der Waals surface area (Å²) in [7, 11) is 0. The second-order valence-corrected chi connectivity index (χ2v) is 1.67. The number of hydrogen-bond acceptors (Lipinski definition) is 4. The molecule has 1 aliphatic rings. The molecule has 0 aromatic rings. The number of carbonyl (C=O) groups is 1. The Labute approximate surface area is 49.9 Å². The zero-order chi connectivity index (χ0) is 5.98. The molecular weight excluding hydrogens is 130 g/mol. The molecular formula is C3H3NO3S. The number of carboxylic acid groups (broad SMARTS) is 1. The van der Waals surface area contributed by atoms with Crippen molar-refractivity contribution < 1.29 is 14.1 Å². The van der Waals surface area contributed by atoms with Gasteiger partial charge in [-0.25, -0.2) is 4.79 Å². The van der Waals surface area contributed by atoms with Crippen LogP contribution in [0.3, 0.4) is 0 Å². The molecule has 2 N–H and O–H groups in total. The van der Waals surface area contributed by atoms with E-state index in [0.717, 1.165) is 12.2 Å². The first-order chi connectivity index (χ1) is 3.80. The lowest BCUT2D eigenvalue weighted by molar-refractivity contribution is -0.134. The van der Waals surface area contributed by atoms with Crippen LogP contribution in [0.1, 0.15) is 0 Å². The number of hydrogen-bond donors (Lipinski definition) is 2. The highest BCUT2D eigenvalue weighted by molar-refractivity contribution is 7.93. The smallest absolute Gasteiger partial charge is 0.374 e. The summed E-state index contributed by atoms with van der Waals surface area (Å²) in [6.07, 6.45) is 1.28. The molecule has 1 heterocycles. The standard InChI is InChI=1S/C3H3NO3S/c5-3(6)2-1-4-8-7-2/h1,4H,(H,5,6). The normalized spacial score (nSPS) is 16.2. The van der Waals surface area contributed by atoms with Crippen LogP contribution in [0.5, 0.6) is 0 Å². The maximum Gasteiger partial charge on any atom is 0.374 e. The van der Waals surface area contributed by atoms with E-state index in [0.29, 0.717) is 0 Å². The maximum absolute atomic E-state index is 9.95. The Hall–Kier alpha value is -0.840. The Bertz CT molecular complexity index is 143. The van der Waals surface area contributed by atoms with Crippen molar-refractivity contribution in [2.75, 3.05) is 0 Å². The minimum absolute atomic E-state index is 0.0602. The third kappa shape index (κ3) is 0.865. The lowest BCUT2D eigenvalue weighted by Gasteiger charge is -1.88. The summed E-state index contributed by atoms with van der Waals surface area (Å²) in [6.45, 7) is 0. The summed E-state index contributed by atoms with van der Waals surface area (Å²) in [5.74, 6) is -1.11. The minimum Gasteiger partial charge on any atom is -0.475 e. The van der Waals surface area contributed by atoms with Crippen molar-refractivity contribution in [3.05, 3.63) is 12.0 Å². The molecule has 0 unspecified atom stereocenters. The summed E-state index contributed by atoms with van der Waals surface area (Å²) in [5, 5.41) is 8.17. The predicted octanol–water partition coefficient (Wildman–Crippen LogP) is 0.0954. The zero-order valence-corrected chi connectivity index (χ0v) is 4.57.